The number of nitrogens with zero attached hydrogens (tertiary/aromatic N) is 2. The molecule has 0 radical (unpaired) electrons. The fourth-order valence-electron chi connectivity index (χ4n) is 3.42. The molecule has 0 saturated carbocycles. The van der Waals surface area contributed by atoms with Crippen molar-refractivity contribution in [2.45, 2.75) is 32.6 Å². The van der Waals surface area contributed by atoms with E-state index in [0.717, 1.165) is 39.4 Å². The Morgan fingerprint density at radius 3 is 2.92 bits per heavy atom. The van der Waals surface area contributed by atoms with Crippen LogP contribution in [0.15, 0.2) is 16.7 Å². The molecular formula is C18H23F2N3O2S. The van der Waals surface area contributed by atoms with Gasteiger partial charge in [0.15, 0.2) is 0 Å². The number of carbonyl (C=O) groups excluding carboxylic acids is 1. The molecule has 0 aliphatic carbocycles. The summed E-state index contributed by atoms with van der Waals surface area (Å²) in [6.45, 7) is 4.73. The Balaban J connectivity index is 1.78. The van der Waals surface area contributed by atoms with Crippen molar-refractivity contribution in [1.82, 2.24) is 15.4 Å². The SMILES string of the molecule is CNCC1CCCN(C(=O)c2ccc(-c3noc(C(C)(F)F)c3C)s2)C1. The normalized spacial score (nSPS) is 18.3. The van der Waals surface area contributed by atoms with Gasteiger partial charge in [-0.25, -0.2) is 0 Å². The molecule has 2 aromatic rings. The summed E-state index contributed by atoms with van der Waals surface area (Å²) in [5, 5.41) is 6.96. The van der Waals surface area contributed by atoms with E-state index < -0.39 is 11.7 Å². The lowest BCUT2D eigenvalue weighted by atomic mass is 9.98. The lowest BCUT2D eigenvalue weighted by Crippen LogP contribution is -2.42. The Kier molecular flexibility index (Phi) is 5.43. The summed E-state index contributed by atoms with van der Waals surface area (Å²) < 4.78 is 31.9. The molecule has 1 amide bonds. The van der Waals surface area contributed by atoms with E-state index in [1.54, 1.807) is 19.1 Å². The van der Waals surface area contributed by atoms with E-state index in [1.165, 1.54) is 11.3 Å². The van der Waals surface area contributed by atoms with E-state index in [4.69, 9.17) is 4.52 Å². The fraction of sp³-hybridized carbons (Fsp3) is 0.556. The number of thiophene rings is 1. The van der Waals surface area contributed by atoms with Crippen LogP contribution in [0.2, 0.25) is 0 Å². The van der Waals surface area contributed by atoms with Gasteiger partial charge in [-0.15, -0.1) is 11.3 Å². The largest absolute Gasteiger partial charge is 0.354 e. The quantitative estimate of drug-likeness (QED) is 0.851. The number of alkyl halides is 2. The Morgan fingerprint density at radius 2 is 2.27 bits per heavy atom. The monoisotopic (exact) mass is 383 g/mol. The third-order valence-corrected chi connectivity index (χ3v) is 5.75. The minimum absolute atomic E-state index is 0.00996. The molecule has 3 rings (SSSR count). The van der Waals surface area contributed by atoms with E-state index in [2.05, 4.69) is 10.5 Å². The van der Waals surface area contributed by atoms with Crippen molar-refractivity contribution in [2.24, 2.45) is 5.92 Å². The van der Waals surface area contributed by atoms with Gasteiger partial charge < -0.3 is 14.7 Å². The second-order valence-corrected chi connectivity index (χ2v) is 7.94. The molecule has 1 aliphatic heterocycles. The van der Waals surface area contributed by atoms with Gasteiger partial charge in [-0.2, -0.15) is 8.78 Å². The molecule has 2 aromatic heterocycles. The van der Waals surface area contributed by atoms with Crippen LogP contribution in [0.4, 0.5) is 8.78 Å². The minimum atomic E-state index is -3.08. The van der Waals surface area contributed by atoms with Crippen LogP contribution in [0.5, 0.6) is 0 Å². The Morgan fingerprint density at radius 1 is 1.50 bits per heavy atom. The molecule has 1 aliphatic rings. The maximum Gasteiger partial charge on any atom is 0.304 e. The van der Waals surface area contributed by atoms with Crippen molar-refractivity contribution >= 4 is 17.2 Å². The second-order valence-electron chi connectivity index (χ2n) is 6.85. The van der Waals surface area contributed by atoms with Crippen molar-refractivity contribution in [1.29, 1.82) is 0 Å². The van der Waals surface area contributed by atoms with Gasteiger partial charge in [-0.1, -0.05) is 5.16 Å². The Labute approximate surface area is 155 Å². The van der Waals surface area contributed by atoms with Crippen molar-refractivity contribution in [3.63, 3.8) is 0 Å². The lowest BCUT2D eigenvalue weighted by Gasteiger charge is -2.32. The number of likely N-dealkylation sites (tertiary alicyclic amines) is 1. The predicted octanol–water partition coefficient (Wildman–Crippen LogP) is 3.89. The standard InChI is InChI=1S/C18H23F2N3O2S/c1-11-15(22-25-16(11)18(2,19)20)13-6-7-14(26-13)17(24)23-8-4-5-12(10-23)9-21-3/h6-7,12,21H,4-5,8-10H2,1-3H3. The van der Waals surface area contributed by atoms with E-state index >= 15 is 0 Å². The van der Waals surface area contributed by atoms with Crippen LogP contribution >= 0.6 is 11.3 Å². The molecule has 1 N–H and O–H groups in total. The molecule has 1 fully saturated rings. The summed E-state index contributed by atoms with van der Waals surface area (Å²) in [4.78, 5) is 15.9. The van der Waals surface area contributed by atoms with Gasteiger partial charge in [0, 0.05) is 25.6 Å². The van der Waals surface area contributed by atoms with Crippen LogP contribution in [0.1, 0.15) is 40.8 Å². The number of hydrogen-bond donors (Lipinski definition) is 1. The molecule has 1 atom stereocenters. The highest BCUT2D eigenvalue weighted by Crippen LogP contribution is 2.37. The highest BCUT2D eigenvalue weighted by molar-refractivity contribution is 7.17. The molecule has 0 spiro atoms. The minimum Gasteiger partial charge on any atom is -0.354 e. The van der Waals surface area contributed by atoms with E-state index in [0.29, 0.717) is 26.9 Å². The highest BCUT2D eigenvalue weighted by Gasteiger charge is 2.34. The van der Waals surface area contributed by atoms with Crippen molar-refractivity contribution in [3.05, 3.63) is 28.3 Å². The topological polar surface area (TPSA) is 58.4 Å². The number of carbonyl (C=O) groups is 1. The van der Waals surface area contributed by atoms with Crippen LogP contribution in [-0.4, -0.2) is 42.6 Å². The van der Waals surface area contributed by atoms with Gasteiger partial charge in [-0.05, 0) is 51.4 Å². The summed E-state index contributed by atoms with van der Waals surface area (Å²) >= 11 is 1.27. The first kappa shape index (κ1) is 19.0. The molecule has 26 heavy (non-hydrogen) atoms. The zero-order valence-electron chi connectivity index (χ0n) is 15.1. The third-order valence-electron chi connectivity index (χ3n) is 4.67. The summed E-state index contributed by atoms with van der Waals surface area (Å²) in [5.74, 6) is -3.06. The summed E-state index contributed by atoms with van der Waals surface area (Å²) in [6.07, 6.45) is 2.11. The van der Waals surface area contributed by atoms with Crippen LogP contribution in [0.25, 0.3) is 10.6 Å². The Bertz CT molecular complexity index is 780. The first-order chi connectivity index (χ1) is 12.3. The number of halogens is 2. The molecule has 3 heterocycles. The van der Waals surface area contributed by atoms with Crippen LogP contribution < -0.4 is 5.32 Å². The number of piperidine rings is 1. The van der Waals surface area contributed by atoms with Crippen molar-refractivity contribution in [3.8, 4) is 10.6 Å². The number of rotatable bonds is 5. The average Bonchev–Trinajstić information content (AvgIpc) is 3.20. The zero-order valence-corrected chi connectivity index (χ0v) is 16.0. The fourth-order valence-corrected chi connectivity index (χ4v) is 4.43. The van der Waals surface area contributed by atoms with Gasteiger partial charge in [0.1, 0.15) is 5.69 Å². The molecule has 142 valence electrons. The maximum absolute atomic E-state index is 13.5. The van der Waals surface area contributed by atoms with Gasteiger partial charge in [0.2, 0.25) is 5.76 Å². The first-order valence-corrected chi connectivity index (χ1v) is 9.51. The average molecular weight is 383 g/mol. The Hall–Kier alpha value is -1.80. The molecule has 1 saturated heterocycles. The van der Waals surface area contributed by atoms with Crippen molar-refractivity contribution < 1.29 is 18.1 Å². The summed E-state index contributed by atoms with van der Waals surface area (Å²) in [5.41, 5.74) is 0.683. The summed E-state index contributed by atoms with van der Waals surface area (Å²) in [6, 6.07) is 3.48. The molecule has 5 nitrogen and oxygen atoms in total. The zero-order chi connectivity index (χ0) is 18.9. The van der Waals surface area contributed by atoms with E-state index in [9.17, 15) is 13.6 Å². The summed E-state index contributed by atoms with van der Waals surface area (Å²) in [7, 11) is 1.92. The van der Waals surface area contributed by atoms with Crippen LogP contribution in [-0.2, 0) is 5.92 Å². The van der Waals surface area contributed by atoms with Gasteiger partial charge in [0.05, 0.1) is 9.75 Å². The van der Waals surface area contributed by atoms with E-state index in [-0.39, 0.29) is 5.91 Å². The van der Waals surface area contributed by atoms with Crippen LogP contribution in [0.3, 0.4) is 0 Å². The van der Waals surface area contributed by atoms with Crippen molar-refractivity contribution in [2.75, 3.05) is 26.7 Å². The molecule has 0 bridgehead atoms. The highest BCUT2D eigenvalue weighted by atomic mass is 32.1. The maximum atomic E-state index is 13.5. The molecular weight excluding hydrogens is 360 g/mol. The number of aromatic nitrogens is 1. The predicted molar refractivity (Wildman–Crippen MR) is 96.7 cm³/mol. The van der Waals surface area contributed by atoms with Crippen LogP contribution in [0, 0.1) is 12.8 Å². The van der Waals surface area contributed by atoms with Gasteiger partial charge in [0.25, 0.3) is 5.91 Å². The number of amides is 1. The number of hydrogen-bond acceptors (Lipinski definition) is 5. The second kappa shape index (κ2) is 7.44. The molecule has 1 unspecified atom stereocenters. The lowest BCUT2D eigenvalue weighted by molar-refractivity contribution is -0.0112. The first-order valence-electron chi connectivity index (χ1n) is 8.70. The smallest absolute Gasteiger partial charge is 0.304 e. The van der Waals surface area contributed by atoms with Gasteiger partial charge >= 0.3 is 5.92 Å². The molecule has 8 heteroatoms. The van der Waals surface area contributed by atoms with E-state index in [1.807, 2.05) is 11.9 Å². The molecule has 0 aromatic carbocycles. The van der Waals surface area contributed by atoms with Gasteiger partial charge in [-0.3, -0.25) is 4.79 Å². The third kappa shape index (κ3) is 3.81. The number of nitrogens with one attached hydrogen (secondary N) is 1.